The highest BCUT2D eigenvalue weighted by Crippen LogP contribution is 2.45. The molecule has 0 aromatic heterocycles. The highest BCUT2D eigenvalue weighted by molar-refractivity contribution is 5.23. The van der Waals surface area contributed by atoms with E-state index in [-0.39, 0.29) is 5.92 Å². The van der Waals surface area contributed by atoms with Crippen molar-refractivity contribution >= 4 is 0 Å². The summed E-state index contributed by atoms with van der Waals surface area (Å²) < 4.78 is 27.6. The maximum absolute atomic E-state index is 14.1. The minimum Gasteiger partial charge on any atom is -0.204 e. The Bertz CT molecular complexity index is 537. The Hall–Kier alpha value is -0.920. The Morgan fingerprint density at radius 1 is 0.808 bits per heavy atom. The van der Waals surface area contributed by atoms with Crippen molar-refractivity contribution in [1.29, 1.82) is 0 Å². The smallest absolute Gasteiger partial charge is 0.162 e. The lowest BCUT2D eigenvalue weighted by Gasteiger charge is -2.38. The average Bonchev–Trinajstić information content (AvgIpc) is 2.68. The molecule has 2 fully saturated rings. The van der Waals surface area contributed by atoms with Gasteiger partial charge in [-0.1, -0.05) is 64.0 Å². The summed E-state index contributed by atoms with van der Waals surface area (Å²) in [5, 5.41) is 0. The van der Waals surface area contributed by atoms with Crippen LogP contribution >= 0.6 is 0 Å². The fraction of sp³-hybridized carbons (Fsp3) is 0.750. The zero-order chi connectivity index (χ0) is 18.4. The SMILES string of the molecule is CCCCCCC1CCC(C2CCC(c3cccc(F)c3F)CC2)CC1. The molecule has 26 heavy (non-hydrogen) atoms. The first-order chi connectivity index (χ1) is 12.7. The Kier molecular flexibility index (Phi) is 7.52. The lowest BCUT2D eigenvalue weighted by molar-refractivity contribution is 0.155. The maximum atomic E-state index is 14.1. The van der Waals surface area contributed by atoms with Crippen LogP contribution < -0.4 is 0 Å². The summed E-state index contributed by atoms with van der Waals surface area (Å²) in [7, 11) is 0. The van der Waals surface area contributed by atoms with Crippen molar-refractivity contribution in [3.8, 4) is 0 Å². The van der Waals surface area contributed by atoms with Gasteiger partial charge in [0, 0.05) is 0 Å². The molecule has 0 amide bonds. The third kappa shape index (κ3) is 5.08. The van der Waals surface area contributed by atoms with Gasteiger partial charge in [-0.05, 0) is 73.8 Å². The van der Waals surface area contributed by atoms with Crippen LogP contribution in [0, 0.1) is 29.4 Å². The number of hydrogen-bond donors (Lipinski definition) is 0. The molecule has 0 unspecified atom stereocenters. The van der Waals surface area contributed by atoms with Crippen LogP contribution in [0.3, 0.4) is 0 Å². The Balaban J connectivity index is 1.41. The molecule has 0 nitrogen and oxygen atoms in total. The van der Waals surface area contributed by atoms with Gasteiger partial charge in [-0.3, -0.25) is 0 Å². The third-order valence-corrected chi connectivity index (χ3v) is 7.22. The highest BCUT2D eigenvalue weighted by atomic mass is 19.2. The molecule has 0 N–H and O–H groups in total. The number of rotatable bonds is 7. The van der Waals surface area contributed by atoms with Crippen molar-refractivity contribution in [2.75, 3.05) is 0 Å². The fourth-order valence-electron chi connectivity index (χ4n) is 5.55. The molecule has 3 rings (SSSR count). The second-order valence-corrected chi connectivity index (χ2v) is 8.88. The number of hydrogen-bond acceptors (Lipinski definition) is 0. The topological polar surface area (TPSA) is 0 Å². The van der Waals surface area contributed by atoms with Crippen LogP contribution in [-0.4, -0.2) is 0 Å². The van der Waals surface area contributed by atoms with Gasteiger partial charge in [0.15, 0.2) is 11.6 Å². The quantitative estimate of drug-likeness (QED) is 0.431. The molecule has 0 saturated heterocycles. The molecule has 2 heteroatoms. The van der Waals surface area contributed by atoms with E-state index in [2.05, 4.69) is 6.92 Å². The predicted molar refractivity (Wildman–Crippen MR) is 105 cm³/mol. The van der Waals surface area contributed by atoms with E-state index in [1.54, 1.807) is 12.1 Å². The molecule has 2 saturated carbocycles. The molecular weight excluding hydrogens is 326 g/mol. The third-order valence-electron chi connectivity index (χ3n) is 7.22. The Morgan fingerprint density at radius 2 is 1.46 bits per heavy atom. The number of unbranched alkanes of at least 4 members (excludes halogenated alkanes) is 3. The van der Waals surface area contributed by atoms with E-state index in [4.69, 9.17) is 0 Å². The van der Waals surface area contributed by atoms with E-state index in [1.165, 1.54) is 76.7 Å². The second kappa shape index (κ2) is 9.85. The van der Waals surface area contributed by atoms with E-state index in [0.717, 1.165) is 30.6 Å². The van der Waals surface area contributed by atoms with Gasteiger partial charge in [0.1, 0.15) is 0 Å². The van der Waals surface area contributed by atoms with Crippen LogP contribution in [0.1, 0.15) is 102 Å². The normalized spacial score (nSPS) is 29.7. The van der Waals surface area contributed by atoms with Crippen molar-refractivity contribution in [1.82, 2.24) is 0 Å². The summed E-state index contributed by atoms with van der Waals surface area (Å²) in [5.74, 6) is 1.60. The van der Waals surface area contributed by atoms with Gasteiger partial charge in [-0.25, -0.2) is 8.78 Å². The molecule has 2 aliphatic rings. The summed E-state index contributed by atoms with van der Waals surface area (Å²) in [6.07, 6.45) is 17.1. The fourth-order valence-corrected chi connectivity index (χ4v) is 5.55. The Labute approximate surface area is 158 Å². The van der Waals surface area contributed by atoms with Crippen molar-refractivity contribution in [2.45, 2.75) is 96.3 Å². The van der Waals surface area contributed by atoms with Crippen LogP contribution in [0.5, 0.6) is 0 Å². The highest BCUT2D eigenvalue weighted by Gasteiger charge is 2.32. The molecule has 2 aliphatic carbocycles. The number of halogens is 2. The van der Waals surface area contributed by atoms with Crippen LogP contribution in [0.2, 0.25) is 0 Å². The van der Waals surface area contributed by atoms with Gasteiger partial charge in [0.05, 0.1) is 0 Å². The average molecular weight is 363 g/mol. The maximum Gasteiger partial charge on any atom is 0.162 e. The summed E-state index contributed by atoms with van der Waals surface area (Å²) >= 11 is 0. The monoisotopic (exact) mass is 362 g/mol. The summed E-state index contributed by atoms with van der Waals surface area (Å²) in [5.41, 5.74) is 0.610. The Morgan fingerprint density at radius 3 is 2.12 bits per heavy atom. The molecule has 0 radical (unpaired) electrons. The van der Waals surface area contributed by atoms with Gasteiger partial charge in [-0.2, -0.15) is 0 Å². The molecule has 0 bridgehead atoms. The molecule has 0 aliphatic heterocycles. The van der Waals surface area contributed by atoms with Crippen molar-refractivity contribution in [3.63, 3.8) is 0 Å². The molecular formula is C24H36F2. The van der Waals surface area contributed by atoms with Crippen molar-refractivity contribution in [3.05, 3.63) is 35.4 Å². The van der Waals surface area contributed by atoms with E-state index in [1.807, 2.05) is 0 Å². The van der Waals surface area contributed by atoms with E-state index >= 15 is 0 Å². The van der Waals surface area contributed by atoms with Crippen LogP contribution in [-0.2, 0) is 0 Å². The molecule has 1 aromatic carbocycles. The zero-order valence-corrected chi connectivity index (χ0v) is 16.5. The standard InChI is InChI=1S/C24H36F2/c1-2-3-4-5-7-18-10-12-19(13-11-18)20-14-16-21(17-15-20)22-8-6-9-23(25)24(22)26/h6,8-9,18-21H,2-5,7,10-17H2,1H3. The lowest BCUT2D eigenvalue weighted by Crippen LogP contribution is -2.25. The van der Waals surface area contributed by atoms with Crippen molar-refractivity contribution in [2.24, 2.45) is 17.8 Å². The van der Waals surface area contributed by atoms with Gasteiger partial charge < -0.3 is 0 Å². The summed E-state index contributed by atoms with van der Waals surface area (Å²) in [4.78, 5) is 0. The first kappa shape index (κ1) is 19.8. The van der Waals surface area contributed by atoms with Crippen molar-refractivity contribution < 1.29 is 8.78 Å². The predicted octanol–water partition coefficient (Wildman–Crippen LogP) is 8.02. The second-order valence-electron chi connectivity index (χ2n) is 8.88. The van der Waals surface area contributed by atoms with E-state index < -0.39 is 11.6 Å². The van der Waals surface area contributed by atoms with Gasteiger partial charge in [-0.15, -0.1) is 0 Å². The van der Waals surface area contributed by atoms with E-state index in [0.29, 0.717) is 5.56 Å². The molecule has 0 spiro atoms. The van der Waals surface area contributed by atoms with Crippen LogP contribution in [0.25, 0.3) is 0 Å². The number of benzene rings is 1. The summed E-state index contributed by atoms with van der Waals surface area (Å²) in [6, 6.07) is 4.67. The molecule has 1 aromatic rings. The summed E-state index contributed by atoms with van der Waals surface area (Å²) in [6.45, 7) is 2.28. The minimum atomic E-state index is -0.693. The first-order valence-electron chi connectivity index (χ1n) is 11.1. The van der Waals surface area contributed by atoms with Crippen LogP contribution in [0.15, 0.2) is 18.2 Å². The lowest BCUT2D eigenvalue weighted by atomic mass is 9.68. The van der Waals surface area contributed by atoms with Gasteiger partial charge in [0.2, 0.25) is 0 Å². The molecule has 0 heterocycles. The molecule has 0 atom stereocenters. The minimum absolute atomic E-state index is 0.219. The first-order valence-corrected chi connectivity index (χ1v) is 11.1. The van der Waals surface area contributed by atoms with Gasteiger partial charge >= 0.3 is 0 Å². The van der Waals surface area contributed by atoms with Gasteiger partial charge in [0.25, 0.3) is 0 Å². The molecule has 146 valence electrons. The largest absolute Gasteiger partial charge is 0.204 e. The van der Waals surface area contributed by atoms with Crippen LogP contribution in [0.4, 0.5) is 8.78 Å². The zero-order valence-electron chi connectivity index (χ0n) is 16.5. The van der Waals surface area contributed by atoms with E-state index in [9.17, 15) is 8.78 Å².